The van der Waals surface area contributed by atoms with Gasteiger partial charge >= 0.3 is 0 Å². The highest BCUT2D eigenvalue weighted by atomic mass is 17.1. The van der Waals surface area contributed by atoms with Gasteiger partial charge in [0.15, 0.2) is 0 Å². The number of hydrogen-bond acceptors (Lipinski definition) is 3. The molecule has 0 saturated heterocycles. The van der Waals surface area contributed by atoms with Crippen LogP contribution in [-0.4, -0.2) is 23.1 Å². The molecule has 0 aromatic carbocycles. The number of rotatable bonds is 3. The van der Waals surface area contributed by atoms with E-state index >= 15 is 0 Å². The summed E-state index contributed by atoms with van der Waals surface area (Å²) in [7, 11) is 0. The van der Waals surface area contributed by atoms with E-state index in [0.717, 1.165) is 12.0 Å². The van der Waals surface area contributed by atoms with Crippen molar-refractivity contribution in [2.24, 2.45) is 29.6 Å². The number of fused-ring (bicyclic) bond motifs is 1. The van der Waals surface area contributed by atoms with E-state index in [4.69, 9.17) is 5.26 Å². The van der Waals surface area contributed by atoms with Crippen LogP contribution in [0.4, 0.5) is 0 Å². The molecule has 3 nitrogen and oxygen atoms in total. The standard InChI is InChI=1S/C15H26O3/c1-9-4-5-12(11(3)8-16)14-6-10(2)15(18-17)7-13(9)14/h6,9,11-17H,4-5,7-8H2,1-3H3/t9-,11+,12+,13+,14-,15-/m1/s1. The fraction of sp³-hybridized carbons (Fsp3) is 0.867. The molecule has 0 amide bonds. The van der Waals surface area contributed by atoms with E-state index in [9.17, 15) is 5.11 Å². The predicted octanol–water partition coefficient (Wildman–Crippen LogP) is 3.10. The summed E-state index contributed by atoms with van der Waals surface area (Å²) in [6.07, 6.45) is 5.51. The molecule has 1 fully saturated rings. The maximum atomic E-state index is 9.42. The van der Waals surface area contributed by atoms with Gasteiger partial charge in [0.2, 0.25) is 0 Å². The second-order valence-electron chi connectivity index (χ2n) is 6.36. The zero-order chi connectivity index (χ0) is 13.3. The van der Waals surface area contributed by atoms with Crippen LogP contribution in [0, 0.1) is 29.6 Å². The average molecular weight is 254 g/mol. The van der Waals surface area contributed by atoms with E-state index in [2.05, 4.69) is 24.8 Å². The van der Waals surface area contributed by atoms with Gasteiger partial charge in [0, 0.05) is 6.61 Å². The van der Waals surface area contributed by atoms with Crippen LogP contribution >= 0.6 is 0 Å². The molecular weight excluding hydrogens is 228 g/mol. The van der Waals surface area contributed by atoms with Gasteiger partial charge in [-0.15, -0.1) is 0 Å². The summed E-state index contributed by atoms with van der Waals surface area (Å²) in [5, 5.41) is 18.4. The Kier molecular flexibility index (Phi) is 4.46. The lowest BCUT2D eigenvalue weighted by molar-refractivity contribution is -0.275. The molecule has 104 valence electrons. The van der Waals surface area contributed by atoms with E-state index in [1.165, 1.54) is 12.8 Å². The lowest BCUT2D eigenvalue weighted by Crippen LogP contribution is -2.41. The van der Waals surface area contributed by atoms with Gasteiger partial charge in [0.25, 0.3) is 0 Å². The van der Waals surface area contributed by atoms with Crippen LogP contribution in [0.5, 0.6) is 0 Å². The Morgan fingerprint density at radius 1 is 1.44 bits per heavy atom. The summed E-state index contributed by atoms with van der Waals surface area (Å²) in [6, 6.07) is 0. The van der Waals surface area contributed by atoms with E-state index in [1.54, 1.807) is 0 Å². The van der Waals surface area contributed by atoms with Crippen LogP contribution < -0.4 is 0 Å². The Morgan fingerprint density at radius 3 is 2.78 bits per heavy atom. The molecule has 0 spiro atoms. The molecule has 18 heavy (non-hydrogen) atoms. The fourth-order valence-corrected chi connectivity index (χ4v) is 3.96. The van der Waals surface area contributed by atoms with Gasteiger partial charge in [0.05, 0.1) is 0 Å². The molecule has 2 aliphatic carbocycles. The topological polar surface area (TPSA) is 49.7 Å². The second-order valence-corrected chi connectivity index (χ2v) is 6.36. The minimum Gasteiger partial charge on any atom is -0.396 e. The monoisotopic (exact) mass is 254 g/mol. The number of aliphatic hydroxyl groups excluding tert-OH is 1. The van der Waals surface area contributed by atoms with Crippen molar-refractivity contribution in [1.82, 2.24) is 0 Å². The van der Waals surface area contributed by atoms with Crippen molar-refractivity contribution in [2.45, 2.75) is 46.1 Å². The van der Waals surface area contributed by atoms with E-state index in [0.29, 0.717) is 29.6 Å². The fourth-order valence-electron chi connectivity index (χ4n) is 3.96. The first kappa shape index (κ1) is 14.0. The van der Waals surface area contributed by atoms with E-state index in [-0.39, 0.29) is 12.7 Å². The van der Waals surface area contributed by atoms with Gasteiger partial charge in [-0.1, -0.05) is 26.3 Å². The molecule has 0 unspecified atom stereocenters. The highest BCUT2D eigenvalue weighted by Gasteiger charge is 2.42. The van der Waals surface area contributed by atoms with Gasteiger partial charge in [-0.25, -0.2) is 4.89 Å². The van der Waals surface area contributed by atoms with Crippen LogP contribution in [0.3, 0.4) is 0 Å². The van der Waals surface area contributed by atoms with E-state index in [1.807, 2.05) is 6.92 Å². The molecule has 0 aromatic rings. The van der Waals surface area contributed by atoms with Crippen molar-refractivity contribution in [1.29, 1.82) is 0 Å². The van der Waals surface area contributed by atoms with Crippen molar-refractivity contribution in [2.75, 3.05) is 6.61 Å². The summed E-state index contributed by atoms with van der Waals surface area (Å²) in [5.41, 5.74) is 1.14. The summed E-state index contributed by atoms with van der Waals surface area (Å²) < 4.78 is 0. The number of hydrogen-bond donors (Lipinski definition) is 2. The first-order valence-corrected chi connectivity index (χ1v) is 7.17. The molecule has 3 heteroatoms. The third-order valence-electron chi connectivity index (χ3n) is 5.27. The van der Waals surface area contributed by atoms with Gasteiger partial charge in [-0.3, -0.25) is 5.26 Å². The molecule has 2 rings (SSSR count). The van der Waals surface area contributed by atoms with E-state index < -0.39 is 0 Å². The van der Waals surface area contributed by atoms with Crippen LogP contribution in [0.2, 0.25) is 0 Å². The molecule has 2 aliphatic rings. The number of aliphatic hydroxyl groups is 1. The minimum atomic E-state index is -0.128. The average Bonchev–Trinajstić information content (AvgIpc) is 2.38. The van der Waals surface area contributed by atoms with Gasteiger partial charge < -0.3 is 5.11 Å². The maximum Gasteiger partial charge on any atom is 0.114 e. The van der Waals surface area contributed by atoms with Crippen molar-refractivity contribution < 1.29 is 15.3 Å². The SMILES string of the molecule is CC1=C[C@H]2[C@@H](C[C@H]1OO)[C@H](C)CC[C@H]2[C@@H](C)CO. The van der Waals surface area contributed by atoms with Gasteiger partial charge in [-0.2, -0.15) is 0 Å². The van der Waals surface area contributed by atoms with Crippen molar-refractivity contribution in [3.8, 4) is 0 Å². The molecule has 0 radical (unpaired) electrons. The van der Waals surface area contributed by atoms with Crippen molar-refractivity contribution >= 4 is 0 Å². The summed E-state index contributed by atoms with van der Waals surface area (Å²) in [6.45, 7) is 6.77. The Labute approximate surface area is 110 Å². The molecule has 0 bridgehead atoms. The summed E-state index contributed by atoms with van der Waals surface area (Å²) in [4.78, 5) is 4.61. The van der Waals surface area contributed by atoms with Crippen LogP contribution in [0.15, 0.2) is 11.6 Å². The van der Waals surface area contributed by atoms with Crippen LogP contribution in [0.25, 0.3) is 0 Å². The zero-order valence-electron chi connectivity index (χ0n) is 11.7. The van der Waals surface area contributed by atoms with Crippen LogP contribution in [-0.2, 0) is 4.89 Å². The lowest BCUT2D eigenvalue weighted by Gasteiger charge is -2.46. The second kappa shape index (κ2) is 5.72. The molecule has 2 N–H and O–H groups in total. The molecule has 6 atom stereocenters. The van der Waals surface area contributed by atoms with Gasteiger partial charge in [-0.05, 0) is 54.9 Å². The molecule has 0 aliphatic heterocycles. The Hall–Kier alpha value is -0.380. The highest BCUT2D eigenvalue weighted by molar-refractivity contribution is 5.15. The highest BCUT2D eigenvalue weighted by Crippen LogP contribution is 2.48. The van der Waals surface area contributed by atoms with Crippen molar-refractivity contribution in [3.05, 3.63) is 11.6 Å². The van der Waals surface area contributed by atoms with Crippen LogP contribution in [0.1, 0.15) is 40.0 Å². The molecule has 0 heterocycles. The third-order valence-corrected chi connectivity index (χ3v) is 5.27. The Morgan fingerprint density at radius 2 is 2.17 bits per heavy atom. The largest absolute Gasteiger partial charge is 0.396 e. The maximum absolute atomic E-state index is 9.42. The molecule has 0 aromatic heterocycles. The van der Waals surface area contributed by atoms with Gasteiger partial charge in [0.1, 0.15) is 6.10 Å². The smallest absolute Gasteiger partial charge is 0.114 e. The summed E-state index contributed by atoms with van der Waals surface area (Å²) >= 11 is 0. The first-order valence-electron chi connectivity index (χ1n) is 7.17. The third kappa shape index (κ3) is 2.49. The number of allylic oxidation sites excluding steroid dienone is 1. The zero-order valence-corrected chi connectivity index (χ0v) is 11.7. The normalized spacial score (nSPS) is 42.1. The molecule has 1 saturated carbocycles. The Bertz CT molecular complexity index is 313. The van der Waals surface area contributed by atoms with Crippen molar-refractivity contribution in [3.63, 3.8) is 0 Å². The minimum absolute atomic E-state index is 0.128. The molecular formula is C15H26O3. The summed E-state index contributed by atoms with van der Waals surface area (Å²) in [5.74, 6) is 2.74. The Balaban J connectivity index is 2.23. The first-order chi connectivity index (χ1) is 8.58. The lowest BCUT2D eigenvalue weighted by atomic mass is 9.60. The predicted molar refractivity (Wildman–Crippen MR) is 71.0 cm³/mol. The quantitative estimate of drug-likeness (QED) is 0.462.